The third-order valence-electron chi connectivity index (χ3n) is 3.31. The van der Waals surface area contributed by atoms with E-state index in [0.717, 1.165) is 17.7 Å². The maximum atomic E-state index is 11.6. The first kappa shape index (κ1) is 12.8. The summed E-state index contributed by atoms with van der Waals surface area (Å²) in [5, 5.41) is 11.2. The molecule has 0 bridgehead atoms. The van der Waals surface area contributed by atoms with Crippen LogP contribution in [-0.2, 0) is 16.0 Å². The molecule has 1 amide bonds. The molecule has 2 aromatic rings. The zero-order chi connectivity index (χ0) is 13.9. The number of nitrogens with one attached hydrogen (secondary N) is 1. The van der Waals surface area contributed by atoms with Crippen molar-refractivity contribution < 1.29 is 9.53 Å². The first-order chi connectivity index (χ1) is 9.72. The molecular weight excluding hydrogens is 256 g/mol. The van der Waals surface area contributed by atoms with E-state index in [1.807, 2.05) is 24.3 Å². The fourth-order valence-electron chi connectivity index (χ4n) is 2.25. The minimum atomic E-state index is -0.356. The number of benzene rings is 1. The van der Waals surface area contributed by atoms with Crippen molar-refractivity contribution in [1.82, 2.24) is 20.3 Å². The van der Waals surface area contributed by atoms with Gasteiger partial charge in [0.1, 0.15) is 6.10 Å². The van der Waals surface area contributed by atoms with E-state index < -0.39 is 0 Å². The molecule has 2 heterocycles. The van der Waals surface area contributed by atoms with Gasteiger partial charge in [-0.15, -0.1) is 0 Å². The summed E-state index contributed by atoms with van der Waals surface area (Å²) in [6.07, 6.45) is 3.66. The molecule has 20 heavy (non-hydrogen) atoms. The van der Waals surface area contributed by atoms with Crippen molar-refractivity contribution in [3.8, 4) is 5.69 Å². The fraction of sp³-hybridized carbons (Fsp3) is 0.357. The van der Waals surface area contributed by atoms with Crippen LogP contribution in [0.3, 0.4) is 0 Å². The van der Waals surface area contributed by atoms with Crippen molar-refractivity contribution >= 4 is 5.91 Å². The summed E-state index contributed by atoms with van der Waals surface area (Å²) in [5.41, 5.74) is 2.02. The van der Waals surface area contributed by atoms with Gasteiger partial charge in [-0.25, -0.2) is 0 Å². The summed E-state index contributed by atoms with van der Waals surface area (Å²) in [6, 6.07) is 7.96. The number of morpholine rings is 1. The Morgan fingerprint density at radius 2 is 2.20 bits per heavy atom. The van der Waals surface area contributed by atoms with Gasteiger partial charge < -0.3 is 10.1 Å². The Balaban J connectivity index is 1.72. The largest absolute Gasteiger partial charge is 0.367 e. The SMILES string of the molecule is C[C@@H]1OC[C@@H](Cc2cccc(-n3nccn3)c2)NC1=O. The number of hydrogen-bond donors (Lipinski definition) is 1. The molecule has 0 radical (unpaired) electrons. The van der Waals surface area contributed by atoms with Gasteiger partial charge in [-0.2, -0.15) is 15.0 Å². The van der Waals surface area contributed by atoms with Gasteiger partial charge in [-0.05, 0) is 31.0 Å². The summed E-state index contributed by atoms with van der Waals surface area (Å²) in [7, 11) is 0. The third-order valence-corrected chi connectivity index (χ3v) is 3.31. The maximum Gasteiger partial charge on any atom is 0.249 e. The molecule has 0 aliphatic carbocycles. The number of rotatable bonds is 3. The first-order valence-electron chi connectivity index (χ1n) is 6.60. The first-order valence-corrected chi connectivity index (χ1v) is 6.60. The van der Waals surface area contributed by atoms with Gasteiger partial charge in [0.15, 0.2) is 0 Å². The maximum absolute atomic E-state index is 11.6. The van der Waals surface area contributed by atoms with Crippen LogP contribution >= 0.6 is 0 Å². The van der Waals surface area contributed by atoms with Gasteiger partial charge in [0.25, 0.3) is 0 Å². The molecule has 3 rings (SSSR count). The lowest BCUT2D eigenvalue weighted by Gasteiger charge is -2.27. The summed E-state index contributed by atoms with van der Waals surface area (Å²) >= 11 is 0. The lowest BCUT2D eigenvalue weighted by atomic mass is 10.0. The monoisotopic (exact) mass is 272 g/mol. The Labute approximate surface area is 116 Å². The minimum Gasteiger partial charge on any atom is -0.367 e. The van der Waals surface area contributed by atoms with Gasteiger partial charge in [0.2, 0.25) is 5.91 Å². The molecule has 6 heteroatoms. The Kier molecular flexibility index (Phi) is 3.47. The van der Waals surface area contributed by atoms with Crippen molar-refractivity contribution in [1.29, 1.82) is 0 Å². The molecule has 1 aromatic heterocycles. The second kappa shape index (κ2) is 5.42. The van der Waals surface area contributed by atoms with E-state index in [4.69, 9.17) is 4.74 Å². The zero-order valence-electron chi connectivity index (χ0n) is 11.2. The highest BCUT2D eigenvalue weighted by atomic mass is 16.5. The predicted octanol–water partition coefficient (Wildman–Crippen LogP) is 0.713. The van der Waals surface area contributed by atoms with Gasteiger partial charge in [-0.1, -0.05) is 12.1 Å². The number of hydrogen-bond acceptors (Lipinski definition) is 4. The Morgan fingerprint density at radius 3 is 2.95 bits per heavy atom. The molecule has 1 N–H and O–H groups in total. The van der Waals surface area contributed by atoms with Crippen LogP contribution in [0.15, 0.2) is 36.7 Å². The summed E-state index contributed by atoms with van der Waals surface area (Å²) < 4.78 is 5.44. The average molecular weight is 272 g/mol. The quantitative estimate of drug-likeness (QED) is 0.893. The van der Waals surface area contributed by atoms with Crippen LogP contribution in [-0.4, -0.2) is 39.7 Å². The normalized spacial score (nSPS) is 22.6. The van der Waals surface area contributed by atoms with E-state index in [1.54, 1.807) is 24.1 Å². The molecule has 1 saturated heterocycles. The highest BCUT2D eigenvalue weighted by molar-refractivity contribution is 5.81. The van der Waals surface area contributed by atoms with Crippen molar-refractivity contribution in [2.75, 3.05) is 6.61 Å². The molecule has 0 spiro atoms. The molecule has 0 unspecified atom stereocenters. The average Bonchev–Trinajstić information content (AvgIpc) is 2.97. The van der Waals surface area contributed by atoms with Crippen LogP contribution in [0.5, 0.6) is 0 Å². The Hall–Kier alpha value is -2.21. The summed E-state index contributed by atoms with van der Waals surface area (Å²) in [5.74, 6) is -0.0499. The summed E-state index contributed by atoms with van der Waals surface area (Å²) in [6.45, 7) is 2.30. The second-order valence-corrected chi connectivity index (χ2v) is 4.87. The number of ether oxygens (including phenoxy) is 1. The molecular formula is C14H16N4O2. The van der Waals surface area contributed by atoms with E-state index in [2.05, 4.69) is 15.5 Å². The smallest absolute Gasteiger partial charge is 0.249 e. The molecule has 1 aliphatic heterocycles. The zero-order valence-corrected chi connectivity index (χ0v) is 11.2. The Morgan fingerprint density at radius 1 is 1.40 bits per heavy atom. The number of carbonyl (C=O) groups excluding carboxylic acids is 1. The highest BCUT2D eigenvalue weighted by Crippen LogP contribution is 2.12. The van der Waals surface area contributed by atoms with Crippen molar-refractivity contribution in [3.05, 3.63) is 42.2 Å². The van der Waals surface area contributed by atoms with Crippen LogP contribution in [0.25, 0.3) is 5.69 Å². The summed E-state index contributed by atoms with van der Waals surface area (Å²) in [4.78, 5) is 13.2. The van der Waals surface area contributed by atoms with E-state index in [-0.39, 0.29) is 18.1 Å². The third kappa shape index (κ3) is 2.70. The van der Waals surface area contributed by atoms with Crippen molar-refractivity contribution in [3.63, 3.8) is 0 Å². The molecule has 1 aromatic carbocycles. The van der Waals surface area contributed by atoms with Gasteiger partial charge in [-0.3, -0.25) is 4.79 Å². The number of amides is 1. The molecule has 104 valence electrons. The van der Waals surface area contributed by atoms with Crippen LogP contribution in [0.2, 0.25) is 0 Å². The van der Waals surface area contributed by atoms with Gasteiger partial charge in [0, 0.05) is 0 Å². The van der Waals surface area contributed by atoms with E-state index in [1.165, 1.54) is 0 Å². The molecule has 1 fully saturated rings. The van der Waals surface area contributed by atoms with Gasteiger partial charge in [0.05, 0.1) is 30.7 Å². The topological polar surface area (TPSA) is 69.0 Å². The van der Waals surface area contributed by atoms with Crippen LogP contribution < -0.4 is 5.32 Å². The van der Waals surface area contributed by atoms with Crippen LogP contribution in [0, 0.1) is 0 Å². The Bertz CT molecular complexity index is 597. The number of carbonyl (C=O) groups is 1. The molecule has 6 nitrogen and oxygen atoms in total. The van der Waals surface area contributed by atoms with Crippen LogP contribution in [0.1, 0.15) is 12.5 Å². The standard InChI is InChI=1S/C14H16N4O2/c1-10-14(19)17-12(9-20-10)7-11-3-2-4-13(8-11)18-15-5-6-16-18/h2-6,8,10,12H,7,9H2,1H3,(H,17,19)/t10-,12+/m0/s1. The molecule has 2 atom stereocenters. The lowest BCUT2D eigenvalue weighted by molar-refractivity contribution is -0.139. The molecule has 0 saturated carbocycles. The minimum absolute atomic E-state index is 0.0135. The van der Waals surface area contributed by atoms with Crippen LogP contribution in [0.4, 0.5) is 0 Å². The van der Waals surface area contributed by atoms with E-state index in [9.17, 15) is 4.79 Å². The van der Waals surface area contributed by atoms with Crippen molar-refractivity contribution in [2.24, 2.45) is 0 Å². The molecule has 1 aliphatic rings. The highest BCUT2D eigenvalue weighted by Gasteiger charge is 2.25. The van der Waals surface area contributed by atoms with E-state index >= 15 is 0 Å². The number of nitrogens with zero attached hydrogens (tertiary/aromatic N) is 3. The van der Waals surface area contributed by atoms with E-state index in [0.29, 0.717) is 6.61 Å². The second-order valence-electron chi connectivity index (χ2n) is 4.87. The number of aromatic nitrogens is 3. The fourth-order valence-corrected chi connectivity index (χ4v) is 2.25. The van der Waals surface area contributed by atoms with Gasteiger partial charge >= 0.3 is 0 Å². The van der Waals surface area contributed by atoms with Crippen molar-refractivity contribution in [2.45, 2.75) is 25.5 Å². The lowest BCUT2D eigenvalue weighted by Crippen LogP contribution is -2.50. The predicted molar refractivity (Wildman–Crippen MR) is 72.4 cm³/mol.